The zero-order valence-corrected chi connectivity index (χ0v) is 15.4. The molecule has 0 aromatic heterocycles. The maximum Gasteiger partial charge on any atom is 0.161 e. The van der Waals surface area contributed by atoms with Gasteiger partial charge >= 0.3 is 0 Å². The van der Waals surface area contributed by atoms with Gasteiger partial charge in [-0.25, -0.2) is 0 Å². The molecule has 0 fully saturated rings. The van der Waals surface area contributed by atoms with Gasteiger partial charge in [-0.15, -0.1) is 0 Å². The van der Waals surface area contributed by atoms with Crippen molar-refractivity contribution in [3.63, 3.8) is 0 Å². The SMILES string of the molecule is CCOc1cc(CNCC(C)C)ccc1OCc1ccccc1Cl. The average Bonchev–Trinajstić information content (AvgIpc) is 2.55. The first kappa shape index (κ1) is 18.6. The highest BCUT2D eigenvalue weighted by atomic mass is 35.5. The summed E-state index contributed by atoms with van der Waals surface area (Å²) in [6, 6.07) is 13.8. The lowest BCUT2D eigenvalue weighted by atomic mass is 10.1. The van der Waals surface area contributed by atoms with Crippen LogP contribution in [0.4, 0.5) is 0 Å². The first-order valence-corrected chi connectivity index (χ1v) is 8.80. The lowest BCUT2D eigenvalue weighted by molar-refractivity contribution is 0.269. The molecule has 0 unspecified atom stereocenters. The number of halogens is 1. The predicted octanol–water partition coefficient (Wildman–Crippen LogP) is 5.06. The van der Waals surface area contributed by atoms with Gasteiger partial charge in [-0.05, 0) is 43.1 Å². The van der Waals surface area contributed by atoms with Crippen LogP contribution in [-0.4, -0.2) is 13.2 Å². The van der Waals surface area contributed by atoms with Gasteiger partial charge < -0.3 is 14.8 Å². The largest absolute Gasteiger partial charge is 0.490 e. The lowest BCUT2D eigenvalue weighted by Gasteiger charge is -2.14. The second-order valence-corrected chi connectivity index (χ2v) is 6.53. The third-order valence-electron chi connectivity index (χ3n) is 3.53. The molecule has 0 aliphatic rings. The van der Waals surface area contributed by atoms with Crippen LogP contribution in [0.2, 0.25) is 5.02 Å². The van der Waals surface area contributed by atoms with Crippen LogP contribution in [-0.2, 0) is 13.2 Å². The summed E-state index contributed by atoms with van der Waals surface area (Å²) >= 11 is 6.18. The van der Waals surface area contributed by atoms with E-state index >= 15 is 0 Å². The number of rotatable bonds is 9. The summed E-state index contributed by atoms with van der Waals surface area (Å²) in [7, 11) is 0. The highest BCUT2D eigenvalue weighted by molar-refractivity contribution is 6.31. The number of nitrogens with one attached hydrogen (secondary N) is 1. The van der Waals surface area contributed by atoms with Crippen LogP contribution in [0.25, 0.3) is 0 Å². The van der Waals surface area contributed by atoms with E-state index in [0.29, 0.717) is 24.2 Å². The standard InChI is InChI=1S/C20H26ClNO2/c1-4-23-20-11-16(13-22-12-15(2)3)9-10-19(20)24-14-17-7-5-6-8-18(17)21/h5-11,15,22H,4,12-14H2,1-3H3. The van der Waals surface area contributed by atoms with Crippen LogP contribution in [0, 0.1) is 5.92 Å². The maximum absolute atomic E-state index is 6.18. The minimum Gasteiger partial charge on any atom is -0.490 e. The topological polar surface area (TPSA) is 30.5 Å². The van der Waals surface area contributed by atoms with Crippen LogP contribution >= 0.6 is 11.6 Å². The Hall–Kier alpha value is -1.71. The fourth-order valence-corrected chi connectivity index (χ4v) is 2.52. The van der Waals surface area contributed by atoms with Gasteiger partial charge in [0.25, 0.3) is 0 Å². The summed E-state index contributed by atoms with van der Waals surface area (Å²) in [5, 5.41) is 4.15. The smallest absolute Gasteiger partial charge is 0.161 e. The van der Waals surface area contributed by atoms with Crippen molar-refractivity contribution in [1.82, 2.24) is 5.32 Å². The first-order valence-electron chi connectivity index (χ1n) is 8.42. The normalized spacial score (nSPS) is 10.9. The van der Waals surface area contributed by atoms with Gasteiger partial charge in [0.05, 0.1) is 6.61 Å². The van der Waals surface area contributed by atoms with Crippen LogP contribution in [0.5, 0.6) is 11.5 Å². The highest BCUT2D eigenvalue weighted by Gasteiger charge is 2.08. The Morgan fingerprint density at radius 2 is 1.83 bits per heavy atom. The number of ether oxygens (including phenoxy) is 2. The van der Waals surface area contributed by atoms with Crippen molar-refractivity contribution in [3.8, 4) is 11.5 Å². The second kappa shape index (κ2) is 9.55. The molecule has 0 atom stereocenters. The molecule has 0 radical (unpaired) electrons. The molecule has 0 saturated carbocycles. The van der Waals surface area contributed by atoms with Crippen LogP contribution < -0.4 is 14.8 Å². The molecule has 0 aliphatic carbocycles. The Labute approximate surface area is 149 Å². The van der Waals surface area contributed by atoms with Crippen molar-refractivity contribution in [2.24, 2.45) is 5.92 Å². The van der Waals surface area contributed by atoms with Gasteiger partial charge in [-0.1, -0.05) is 49.7 Å². The van der Waals surface area contributed by atoms with Crippen molar-refractivity contribution >= 4 is 11.6 Å². The summed E-state index contributed by atoms with van der Waals surface area (Å²) < 4.78 is 11.7. The third-order valence-corrected chi connectivity index (χ3v) is 3.90. The molecule has 0 amide bonds. The Kier molecular flexibility index (Phi) is 7.41. The summed E-state index contributed by atoms with van der Waals surface area (Å²) in [5.41, 5.74) is 2.15. The summed E-state index contributed by atoms with van der Waals surface area (Å²) in [5.74, 6) is 2.15. The fourth-order valence-electron chi connectivity index (χ4n) is 2.33. The first-order chi connectivity index (χ1) is 11.6. The van der Waals surface area contributed by atoms with Crippen molar-refractivity contribution in [3.05, 3.63) is 58.6 Å². The molecule has 2 rings (SSSR count). The third kappa shape index (κ3) is 5.73. The molecule has 2 aromatic rings. The van der Waals surface area contributed by atoms with E-state index in [4.69, 9.17) is 21.1 Å². The molecule has 0 bridgehead atoms. The molecular formula is C20H26ClNO2. The Bertz CT molecular complexity index is 643. The lowest BCUT2D eigenvalue weighted by Crippen LogP contribution is -2.19. The van der Waals surface area contributed by atoms with E-state index in [1.165, 1.54) is 5.56 Å². The van der Waals surface area contributed by atoms with Crippen molar-refractivity contribution in [1.29, 1.82) is 0 Å². The van der Waals surface area contributed by atoms with E-state index in [1.807, 2.05) is 43.3 Å². The molecular weight excluding hydrogens is 322 g/mol. The zero-order chi connectivity index (χ0) is 17.4. The second-order valence-electron chi connectivity index (χ2n) is 6.12. The summed E-state index contributed by atoms with van der Waals surface area (Å²) in [6.45, 7) is 9.21. The number of benzene rings is 2. The summed E-state index contributed by atoms with van der Waals surface area (Å²) in [4.78, 5) is 0. The molecule has 1 N–H and O–H groups in total. The zero-order valence-electron chi connectivity index (χ0n) is 14.6. The van der Waals surface area contributed by atoms with Crippen molar-refractivity contribution in [2.45, 2.75) is 33.9 Å². The molecule has 130 valence electrons. The molecule has 2 aromatic carbocycles. The average molecular weight is 348 g/mol. The van der Waals surface area contributed by atoms with Crippen molar-refractivity contribution in [2.75, 3.05) is 13.2 Å². The van der Waals surface area contributed by atoms with E-state index in [2.05, 4.69) is 25.2 Å². The Morgan fingerprint density at radius 3 is 2.54 bits per heavy atom. The molecule has 0 aliphatic heterocycles. The minimum absolute atomic E-state index is 0.421. The van der Waals surface area contributed by atoms with Gasteiger partial charge in [0.15, 0.2) is 11.5 Å². The molecule has 0 saturated heterocycles. The molecule has 3 nitrogen and oxygen atoms in total. The minimum atomic E-state index is 0.421. The summed E-state index contributed by atoms with van der Waals surface area (Å²) in [6.07, 6.45) is 0. The predicted molar refractivity (Wildman–Crippen MR) is 99.9 cm³/mol. The molecule has 0 heterocycles. The van der Waals surface area contributed by atoms with Gasteiger partial charge in [-0.2, -0.15) is 0 Å². The molecule has 0 spiro atoms. The van der Waals surface area contributed by atoms with E-state index in [1.54, 1.807) is 0 Å². The maximum atomic E-state index is 6.18. The molecule has 24 heavy (non-hydrogen) atoms. The fraction of sp³-hybridized carbons (Fsp3) is 0.400. The quantitative estimate of drug-likeness (QED) is 0.687. The van der Waals surface area contributed by atoms with Gasteiger partial charge in [0.2, 0.25) is 0 Å². The molecule has 4 heteroatoms. The Balaban J connectivity index is 2.04. The van der Waals surface area contributed by atoms with Crippen LogP contribution in [0.3, 0.4) is 0 Å². The van der Waals surface area contributed by atoms with Crippen LogP contribution in [0.15, 0.2) is 42.5 Å². The monoisotopic (exact) mass is 347 g/mol. The number of hydrogen-bond donors (Lipinski definition) is 1. The van der Waals surface area contributed by atoms with Gasteiger partial charge in [-0.3, -0.25) is 0 Å². The van der Waals surface area contributed by atoms with Gasteiger partial charge in [0, 0.05) is 17.1 Å². The number of hydrogen-bond acceptors (Lipinski definition) is 3. The Morgan fingerprint density at radius 1 is 1.04 bits per heavy atom. The van der Waals surface area contributed by atoms with Crippen LogP contribution in [0.1, 0.15) is 31.9 Å². The van der Waals surface area contributed by atoms with E-state index in [9.17, 15) is 0 Å². The highest BCUT2D eigenvalue weighted by Crippen LogP contribution is 2.30. The van der Waals surface area contributed by atoms with E-state index in [-0.39, 0.29) is 0 Å². The van der Waals surface area contributed by atoms with E-state index < -0.39 is 0 Å². The van der Waals surface area contributed by atoms with E-state index in [0.717, 1.165) is 30.2 Å². The van der Waals surface area contributed by atoms with Gasteiger partial charge in [0.1, 0.15) is 6.61 Å². The van der Waals surface area contributed by atoms with Crippen molar-refractivity contribution < 1.29 is 9.47 Å².